The van der Waals surface area contributed by atoms with Crippen LogP contribution in [-0.2, 0) is 6.54 Å². The SMILES string of the molecule is CNCc1cnc(C)cc1Oc1cccnc1C. The molecule has 0 unspecified atom stereocenters. The Labute approximate surface area is 107 Å². The summed E-state index contributed by atoms with van der Waals surface area (Å²) in [4.78, 5) is 8.50. The first-order valence-electron chi connectivity index (χ1n) is 5.90. The van der Waals surface area contributed by atoms with Crippen LogP contribution in [0, 0.1) is 13.8 Å². The topological polar surface area (TPSA) is 47.0 Å². The van der Waals surface area contributed by atoms with Crippen molar-refractivity contribution in [1.82, 2.24) is 15.3 Å². The summed E-state index contributed by atoms with van der Waals surface area (Å²) < 4.78 is 5.93. The van der Waals surface area contributed by atoms with Crippen LogP contribution in [0.25, 0.3) is 0 Å². The minimum Gasteiger partial charge on any atom is -0.455 e. The molecule has 0 fully saturated rings. The van der Waals surface area contributed by atoms with Gasteiger partial charge in [-0.3, -0.25) is 9.97 Å². The number of ether oxygens (including phenoxy) is 1. The van der Waals surface area contributed by atoms with Crippen molar-refractivity contribution < 1.29 is 4.74 Å². The van der Waals surface area contributed by atoms with E-state index in [0.29, 0.717) is 0 Å². The van der Waals surface area contributed by atoms with Crippen LogP contribution in [0.4, 0.5) is 0 Å². The van der Waals surface area contributed by atoms with Crippen molar-refractivity contribution in [1.29, 1.82) is 0 Å². The fraction of sp³-hybridized carbons (Fsp3) is 0.286. The lowest BCUT2D eigenvalue weighted by Gasteiger charge is -2.12. The lowest BCUT2D eigenvalue weighted by molar-refractivity contribution is 0.466. The monoisotopic (exact) mass is 243 g/mol. The van der Waals surface area contributed by atoms with Crippen LogP contribution in [0.1, 0.15) is 17.0 Å². The predicted octanol–water partition coefficient (Wildman–Crippen LogP) is 2.61. The summed E-state index contributed by atoms with van der Waals surface area (Å²) in [7, 11) is 1.90. The van der Waals surface area contributed by atoms with E-state index in [0.717, 1.165) is 35.0 Å². The maximum absolute atomic E-state index is 5.93. The van der Waals surface area contributed by atoms with Gasteiger partial charge in [0.25, 0.3) is 0 Å². The highest BCUT2D eigenvalue weighted by molar-refractivity contribution is 5.38. The highest BCUT2D eigenvalue weighted by atomic mass is 16.5. The van der Waals surface area contributed by atoms with Gasteiger partial charge in [-0.05, 0) is 33.0 Å². The summed E-state index contributed by atoms with van der Waals surface area (Å²) in [6.45, 7) is 4.61. The minimum atomic E-state index is 0.724. The summed E-state index contributed by atoms with van der Waals surface area (Å²) in [6.07, 6.45) is 3.60. The van der Waals surface area contributed by atoms with Crippen LogP contribution in [0.2, 0.25) is 0 Å². The molecule has 0 atom stereocenters. The second-order valence-corrected chi connectivity index (χ2v) is 4.15. The van der Waals surface area contributed by atoms with Crippen molar-refractivity contribution in [3.63, 3.8) is 0 Å². The van der Waals surface area contributed by atoms with Crippen molar-refractivity contribution in [2.24, 2.45) is 0 Å². The first-order chi connectivity index (χ1) is 8.70. The molecule has 0 aliphatic heterocycles. The van der Waals surface area contributed by atoms with E-state index in [-0.39, 0.29) is 0 Å². The van der Waals surface area contributed by atoms with E-state index in [1.54, 1.807) is 6.20 Å². The number of pyridine rings is 2. The van der Waals surface area contributed by atoms with Crippen LogP contribution < -0.4 is 10.1 Å². The second kappa shape index (κ2) is 5.60. The van der Waals surface area contributed by atoms with E-state index >= 15 is 0 Å². The fourth-order valence-corrected chi connectivity index (χ4v) is 1.68. The molecular weight excluding hydrogens is 226 g/mol. The first kappa shape index (κ1) is 12.5. The lowest BCUT2D eigenvalue weighted by Crippen LogP contribution is -2.07. The molecule has 0 saturated carbocycles. The molecule has 0 aliphatic carbocycles. The number of hydrogen-bond donors (Lipinski definition) is 1. The van der Waals surface area contributed by atoms with Crippen LogP contribution in [0.15, 0.2) is 30.6 Å². The van der Waals surface area contributed by atoms with Gasteiger partial charge < -0.3 is 10.1 Å². The van der Waals surface area contributed by atoms with E-state index in [1.807, 2.05) is 45.3 Å². The zero-order valence-electron chi connectivity index (χ0n) is 10.9. The average molecular weight is 243 g/mol. The van der Waals surface area contributed by atoms with Gasteiger partial charge in [0.1, 0.15) is 11.5 Å². The molecule has 2 rings (SSSR count). The van der Waals surface area contributed by atoms with Crippen molar-refractivity contribution in [2.75, 3.05) is 7.05 Å². The smallest absolute Gasteiger partial charge is 0.148 e. The summed E-state index contributed by atoms with van der Waals surface area (Å²) >= 11 is 0. The molecule has 0 amide bonds. The molecule has 0 bridgehead atoms. The van der Waals surface area contributed by atoms with Gasteiger partial charge in [-0.2, -0.15) is 0 Å². The first-order valence-corrected chi connectivity index (χ1v) is 5.90. The van der Waals surface area contributed by atoms with Crippen molar-refractivity contribution in [3.8, 4) is 11.5 Å². The van der Waals surface area contributed by atoms with E-state index in [4.69, 9.17) is 4.74 Å². The molecule has 0 radical (unpaired) electrons. The van der Waals surface area contributed by atoms with Gasteiger partial charge in [0.2, 0.25) is 0 Å². The predicted molar refractivity (Wildman–Crippen MR) is 70.8 cm³/mol. The van der Waals surface area contributed by atoms with Crippen LogP contribution in [-0.4, -0.2) is 17.0 Å². The molecule has 18 heavy (non-hydrogen) atoms. The Balaban J connectivity index is 2.33. The Morgan fingerprint density at radius 3 is 2.78 bits per heavy atom. The molecular formula is C14H17N3O. The lowest BCUT2D eigenvalue weighted by atomic mass is 10.2. The molecule has 0 spiro atoms. The van der Waals surface area contributed by atoms with Gasteiger partial charge in [0.05, 0.1) is 5.69 Å². The Hall–Kier alpha value is -1.94. The van der Waals surface area contributed by atoms with E-state index < -0.39 is 0 Å². The van der Waals surface area contributed by atoms with Gasteiger partial charge in [0, 0.05) is 36.3 Å². The highest BCUT2D eigenvalue weighted by Gasteiger charge is 2.07. The zero-order chi connectivity index (χ0) is 13.0. The molecule has 2 aromatic heterocycles. The van der Waals surface area contributed by atoms with Crippen LogP contribution in [0.5, 0.6) is 11.5 Å². The van der Waals surface area contributed by atoms with E-state index in [9.17, 15) is 0 Å². The molecule has 4 heteroatoms. The van der Waals surface area contributed by atoms with Gasteiger partial charge in [0.15, 0.2) is 0 Å². The van der Waals surface area contributed by atoms with Gasteiger partial charge in [-0.15, -0.1) is 0 Å². The van der Waals surface area contributed by atoms with Crippen molar-refractivity contribution in [2.45, 2.75) is 20.4 Å². The molecule has 1 N–H and O–H groups in total. The van der Waals surface area contributed by atoms with E-state index in [1.165, 1.54) is 0 Å². The zero-order valence-corrected chi connectivity index (χ0v) is 10.9. The summed E-state index contributed by atoms with van der Waals surface area (Å²) in [5, 5.41) is 3.11. The maximum Gasteiger partial charge on any atom is 0.148 e. The van der Waals surface area contributed by atoms with Gasteiger partial charge in [-0.1, -0.05) is 0 Å². The largest absolute Gasteiger partial charge is 0.455 e. The molecule has 0 aromatic carbocycles. The number of hydrogen-bond acceptors (Lipinski definition) is 4. The number of rotatable bonds is 4. The summed E-state index contributed by atoms with van der Waals surface area (Å²) in [5.41, 5.74) is 2.85. The molecule has 0 saturated heterocycles. The van der Waals surface area contributed by atoms with Crippen LogP contribution in [0.3, 0.4) is 0 Å². The molecule has 2 aromatic rings. The maximum atomic E-state index is 5.93. The van der Waals surface area contributed by atoms with E-state index in [2.05, 4.69) is 15.3 Å². The van der Waals surface area contributed by atoms with Crippen molar-refractivity contribution >= 4 is 0 Å². The fourth-order valence-electron chi connectivity index (χ4n) is 1.68. The third-order valence-corrected chi connectivity index (χ3v) is 2.63. The number of nitrogens with one attached hydrogen (secondary N) is 1. The normalized spacial score (nSPS) is 10.4. The third-order valence-electron chi connectivity index (χ3n) is 2.63. The Kier molecular flexibility index (Phi) is 3.89. The average Bonchev–Trinajstić information content (AvgIpc) is 2.36. The van der Waals surface area contributed by atoms with Crippen molar-refractivity contribution in [3.05, 3.63) is 47.5 Å². The highest BCUT2D eigenvalue weighted by Crippen LogP contribution is 2.26. The molecule has 4 nitrogen and oxygen atoms in total. The molecule has 0 aliphatic rings. The molecule has 2 heterocycles. The Morgan fingerprint density at radius 2 is 2.06 bits per heavy atom. The number of aromatic nitrogens is 2. The summed E-state index contributed by atoms with van der Waals surface area (Å²) in [5.74, 6) is 1.61. The van der Waals surface area contributed by atoms with Gasteiger partial charge in [-0.25, -0.2) is 0 Å². The number of aryl methyl sites for hydroxylation is 2. The third kappa shape index (κ3) is 2.84. The minimum absolute atomic E-state index is 0.724. The second-order valence-electron chi connectivity index (χ2n) is 4.15. The summed E-state index contributed by atoms with van der Waals surface area (Å²) in [6, 6.07) is 5.73. The Morgan fingerprint density at radius 1 is 1.22 bits per heavy atom. The van der Waals surface area contributed by atoms with Crippen LogP contribution >= 0.6 is 0 Å². The standard InChI is InChI=1S/C14H17N3O/c1-10-7-14(12(8-15-3)9-17-10)18-13-5-4-6-16-11(13)2/h4-7,9,15H,8H2,1-3H3. The quantitative estimate of drug-likeness (QED) is 0.896. The Bertz CT molecular complexity index is 540. The molecule has 94 valence electrons. The number of nitrogens with zero attached hydrogens (tertiary/aromatic N) is 2. The van der Waals surface area contributed by atoms with Gasteiger partial charge >= 0.3 is 0 Å².